The van der Waals surface area contributed by atoms with Gasteiger partial charge in [0.25, 0.3) is 0 Å². The summed E-state index contributed by atoms with van der Waals surface area (Å²) < 4.78 is 12.6. The average Bonchev–Trinajstić information content (AvgIpc) is 3.06. The van der Waals surface area contributed by atoms with Crippen molar-refractivity contribution >= 4 is 0 Å². The van der Waals surface area contributed by atoms with Gasteiger partial charge in [-0.2, -0.15) is 5.10 Å². The van der Waals surface area contributed by atoms with Crippen LogP contribution >= 0.6 is 0 Å². The van der Waals surface area contributed by atoms with Crippen LogP contribution in [0.1, 0.15) is 18.2 Å². The molecule has 0 amide bonds. The lowest BCUT2D eigenvalue weighted by Crippen LogP contribution is -2.16. The zero-order valence-electron chi connectivity index (χ0n) is 10.9. The summed E-state index contributed by atoms with van der Waals surface area (Å²) in [5, 5.41) is 7.66. The van der Waals surface area contributed by atoms with E-state index in [0.717, 1.165) is 31.1 Å². The standard InChI is InChI=1S/C14H17N3O2/c1-2-17-12(5-6-16-17)9-15-8-11-3-4-13-14(7-11)19-10-18-13/h3-7,15H,2,8-10H2,1H3. The molecule has 19 heavy (non-hydrogen) atoms. The summed E-state index contributed by atoms with van der Waals surface area (Å²) in [6.07, 6.45) is 1.83. The van der Waals surface area contributed by atoms with Crippen LogP contribution in [-0.4, -0.2) is 16.6 Å². The SMILES string of the molecule is CCn1nccc1CNCc1ccc2c(c1)OCO2. The molecule has 2 aromatic rings. The highest BCUT2D eigenvalue weighted by atomic mass is 16.7. The third kappa shape index (κ3) is 2.56. The van der Waals surface area contributed by atoms with Gasteiger partial charge in [0.15, 0.2) is 11.5 Å². The predicted octanol–water partition coefficient (Wildman–Crippen LogP) is 1.92. The number of hydrogen-bond acceptors (Lipinski definition) is 4. The minimum atomic E-state index is 0.321. The molecule has 5 heteroatoms. The van der Waals surface area contributed by atoms with Crippen LogP contribution in [0.4, 0.5) is 0 Å². The first-order chi connectivity index (χ1) is 9.36. The van der Waals surface area contributed by atoms with Crippen molar-refractivity contribution in [2.75, 3.05) is 6.79 Å². The topological polar surface area (TPSA) is 48.3 Å². The van der Waals surface area contributed by atoms with Gasteiger partial charge in [-0.15, -0.1) is 0 Å². The van der Waals surface area contributed by atoms with Crippen molar-refractivity contribution in [1.29, 1.82) is 0 Å². The van der Waals surface area contributed by atoms with Crippen molar-refractivity contribution in [2.45, 2.75) is 26.6 Å². The van der Waals surface area contributed by atoms with Crippen LogP contribution in [0.5, 0.6) is 11.5 Å². The zero-order chi connectivity index (χ0) is 13.1. The molecule has 5 nitrogen and oxygen atoms in total. The lowest BCUT2D eigenvalue weighted by molar-refractivity contribution is 0.174. The Hall–Kier alpha value is -2.01. The molecule has 0 saturated carbocycles. The Morgan fingerprint density at radius 2 is 2.11 bits per heavy atom. The molecular formula is C14H17N3O2. The molecule has 100 valence electrons. The summed E-state index contributed by atoms with van der Waals surface area (Å²) in [6, 6.07) is 8.07. The van der Waals surface area contributed by atoms with Gasteiger partial charge in [-0.05, 0) is 30.7 Å². The maximum Gasteiger partial charge on any atom is 0.231 e. The Labute approximate surface area is 112 Å². The summed E-state index contributed by atoms with van der Waals surface area (Å²) in [5.41, 5.74) is 2.38. The second-order valence-corrected chi connectivity index (χ2v) is 4.43. The van der Waals surface area contributed by atoms with Gasteiger partial charge in [0.05, 0.1) is 5.69 Å². The number of aryl methyl sites for hydroxylation is 1. The minimum Gasteiger partial charge on any atom is -0.454 e. The molecule has 0 unspecified atom stereocenters. The largest absolute Gasteiger partial charge is 0.454 e. The maximum atomic E-state index is 5.36. The van der Waals surface area contributed by atoms with Crippen LogP contribution in [0.3, 0.4) is 0 Å². The van der Waals surface area contributed by atoms with Crippen molar-refractivity contribution < 1.29 is 9.47 Å². The van der Waals surface area contributed by atoms with Crippen molar-refractivity contribution in [3.05, 3.63) is 41.7 Å². The first kappa shape index (κ1) is 12.0. The molecule has 1 aliphatic heterocycles. The van der Waals surface area contributed by atoms with Crippen LogP contribution in [0.25, 0.3) is 0 Å². The fourth-order valence-electron chi connectivity index (χ4n) is 2.18. The van der Waals surface area contributed by atoms with E-state index in [9.17, 15) is 0 Å². The van der Waals surface area contributed by atoms with Crippen LogP contribution in [0.2, 0.25) is 0 Å². The van der Waals surface area contributed by atoms with E-state index in [1.807, 2.05) is 29.1 Å². The number of nitrogens with one attached hydrogen (secondary N) is 1. The number of benzene rings is 1. The molecule has 0 bridgehead atoms. The predicted molar refractivity (Wildman–Crippen MR) is 71.0 cm³/mol. The van der Waals surface area contributed by atoms with Gasteiger partial charge in [-0.1, -0.05) is 6.07 Å². The number of ether oxygens (including phenoxy) is 2. The monoisotopic (exact) mass is 259 g/mol. The van der Waals surface area contributed by atoms with Gasteiger partial charge in [0, 0.05) is 25.8 Å². The number of nitrogens with zero attached hydrogens (tertiary/aromatic N) is 2. The molecule has 1 aromatic carbocycles. The number of fused-ring (bicyclic) bond motifs is 1. The van der Waals surface area contributed by atoms with Gasteiger partial charge >= 0.3 is 0 Å². The zero-order valence-corrected chi connectivity index (χ0v) is 10.9. The van der Waals surface area contributed by atoms with Gasteiger partial charge < -0.3 is 14.8 Å². The maximum absolute atomic E-state index is 5.36. The third-order valence-corrected chi connectivity index (χ3v) is 3.18. The number of hydrogen-bond donors (Lipinski definition) is 1. The van der Waals surface area contributed by atoms with Gasteiger partial charge in [-0.3, -0.25) is 4.68 Å². The fraction of sp³-hybridized carbons (Fsp3) is 0.357. The molecule has 1 aliphatic rings. The Bertz CT molecular complexity index is 566. The summed E-state index contributed by atoms with van der Waals surface area (Å²) in [7, 11) is 0. The molecule has 1 aromatic heterocycles. The Morgan fingerprint density at radius 3 is 3.00 bits per heavy atom. The molecule has 0 radical (unpaired) electrons. The lowest BCUT2D eigenvalue weighted by Gasteiger charge is -2.07. The third-order valence-electron chi connectivity index (χ3n) is 3.18. The van der Waals surface area contributed by atoms with E-state index in [0.29, 0.717) is 6.79 Å². The van der Waals surface area contributed by atoms with Crippen molar-refractivity contribution in [1.82, 2.24) is 15.1 Å². The quantitative estimate of drug-likeness (QED) is 0.891. The molecule has 0 spiro atoms. The Morgan fingerprint density at radius 1 is 1.21 bits per heavy atom. The van der Waals surface area contributed by atoms with Crippen LogP contribution in [-0.2, 0) is 19.6 Å². The highest BCUT2D eigenvalue weighted by Gasteiger charge is 2.12. The van der Waals surface area contributed by atoms with Crippen LogP contribution < -0.4 is 14.8 Å². The first-order valence-electron chi connectivity index (χ1n) is 6.46. The molecule has 1 N–H and O–H groups in total. The normalized spacial score (nSPS) is 12.9. The van der Waals surface area contributed by atoms with E-state index in [1.165, 1.54) is 11.3 Å². The highest BCUT2D eigenvalue weighted by molar-refractivity contribution is 5.44. The van der Waals surface area contributed by atoms with Crippen LogP contribution in [0.15, 0.2) is 30.5 Å². The van der Waals surface area contributed by atoms with Crippen molar-refractivity contribution in [3.63, 3.8) is 0 Å². The van der Waals surface area contributed by atoms with E-state index in [4.69, 9.17) is 9.47 Å². The summed E-state index contributed by atoms with van der Waals surface area (Å²) in [5.74, 6) is 1.66. The minimum absolute atomic E-state index is 0.321. The molecule has 3 rings (SSSR count). The Balaban J connectivity index is 1.58. The summed E-state index contributed by atoms with van der Waals surface area (Å²) >= 11 is 0. The van der Waals surface area contributed by atoms with E-state index < -0.39 is 0 Å². The first-order valence-corrected chi connectivity index (χ1v) is 6.46. The average molecular weight is 259 g/mol. The summed E-state index contributed by atoms with van der Waals surface area (Å²) in [6.45, 7) is 4.91. The van der Waals surface area contributed by atoms with Crippen molar-refractivity contribution in [3.8, 4) is 11.5 Å². The van der Waals surface area contributed by atoms with Crippen LogP contribution in [0, 0.1) is 0 Å². The number of aromatic nitrogens is 2. The Kier molecular flexibility index (Phi) is 3.37. The van der Waals surface area contributed by atoms with Gasteiger partial charge in [-0.25, -0.2) is 0 Å². The smallest absolute Gasteiger partial charge is 0.231 e. The second-order valence-electron chi connectivity index (χ2n) is 4.43. The molecule has 0 fully saturated rings. The van der Waals surface area contributed by atoms with E-state index in [1.54, 1.807) is 0 Å². The van der Waals surface area contributed by atoms with E-state index in [2.05, 4.69) is 23.4 Å². The second kappa shape index (κ2) is 5.32. The van der Waals surface area contributed by atoms with E-state index in [-0.39, 0.29) is 0 Å². The van der Waals surface area contributed by atoms with Gasteiger partial charge in [0.1, 0.15) is 0 Å². The van der Waals surface area contributed by atoms with Crippen molar-refractivity contribution in [2.24, 2.45) is 0 Å². The molecular weight excluding hydrogens is 242 g/mol. The number of rotatable bonds is 5. The molecule has 0 atom stereocenters. The molecule has 0 aliphatic carbocycles. The molecule has 2 heterocycles. The van der Waals surface area contributed by atoms with E-state index >= 15 is 0 Å². The molecule has 0 saturated heterocycles. The fourth-order valence-corrected chi connectivity index (χ4v) is 2.18. The van der Waals surface area contributed by atoms with Gasteiger partial charge in [0.2, 0.25) is 6.79 Å². The lowest BCUT2D eigenvalue weighted by atomic mass is 10.2. The summed E-state index contributed by atoms with van der Waals surface area (Å²) in [4.78, 5) is 0. The highest BCUT2D eigenvalue weighted by Crippen LogP contribution is 2.32.